The smallest absolute Gasteiger partial charge is 0.232 e. The van der Waals surface area contributed by atoms with Gasteiger partial charge in [0.25, 0.3) is 0 Å². The molecule has 1 saturated heterocycles. The summed E-state index contributed by atoms with van der Waals surface area (Å²) in [6.07, 6.45) is 1.79. The predicted molar refractivity (Wildman–Crippen MR) is 81.0 cm³/mol. The Bertz CT molecular complexity index is 557. The molecule has 1 fully saturated rings. The van der Waals surface area contributed by atoms with E-state index in [1.807, 2.05) is 0 Å². The lowest BCUT2D eigenvalue weighted by Gasteiger charge is -2.22. The molecule has 5 nitrogen and oxygen atoms in total. The standard InChI is InChI=1S/C13H19ClN2O3S/c1-19-13-3-2-11(8-12(13)14)16-20(17,18)9-10-4-6-15-7-5-10/h2-3,8,10,15-16H,4-7,9H2,1H3. The number of methoxy groups -OCH3 is 1. The zero-order chi connectivity index (χ0) is 14.6. The second-order valence-electron chi connectivity index (χ2n) is 4.93. The van der Waals surface area contributed by atoms with Crippen molar-refractivity contribution in [1.82, 2.24) is 5.32 Å². The minimum atomic E-state index is -3.35. The lowest BCUT2D eigenvalue weighted by Crippen LogP contribution is -2.33. The highest BCUT2D eigenvalue weighted by Crippen LogP contribution is 2.28. The summed E-state index contributed by atoms with van der Waals surface area (Å²) >= 11 is 5.98. The van der Waals surface area contributed by atoms with Crippen molar-refractivity contribution in [2.45, 2.75) is 12.8 Å². The summed E-state index contributed by atoms with van der Waals surface area (Å²) in [6, 6.07) is 4.84. The quantitative estimate of drug-likeness (QED) is 0.872. The van der Waals surface area contributed by atoms with E-state index in [4.69, 9.17) is 16.3 Å². The summed E-state index contributed by atoms with van der Waals surface area (Å²) in [5.41, 5.74) is 0.463. The molecule has 0 aromatic heterocycles. The first-order chi connectivity index (χ1) is 9.50. The Morgan fingerprint density at radius 2 is 2.10 bits per heavy atom. The largest absolute Gasteiger partial charge is 0.495 e. The fourth-order valence-corrected chi connectivity index (χ4v) is 4.09. The Morgan fingerprint density at radius 1 is 1.40 bits per heavy atom. The summed E-state index contributed by atoms with van der Waals surface area (Å²) in [5, 5.41) is 3.61. The normalized spacial score (nSPS) is 16.9. The maximum atomic E-state index is 12.1. The Hall–Kier alpha value is -0.980. The lowest BCUT2D eigenvalue weighted by atomic mass is 10.0. The van der Waals surface area contributed by atoms with E-state index in [9.17, 15) is 8.42 Å². The van der Waals surface area contributed by atoms with E-state index in [0.29, 0.717) is 16.5 Å². The van der Waals surface area contributed by atoms with Gasteiger partial charge in [0.1, 0.15) is 5.75 Å². The van der Waals surface area contributed by atoms with Crippen molar-refractivity contribution in [2.24, 2.45) is 5.92 Å². The fraction of sp³-hybridized carbons (Fsp3) is 0.538. The van der Waals surface area contributed by atoms with Crippen LogP contribution < -0.4 is 14.8 Å². The molecular weight excluding hydrogens is 300 g/mol. The van der Waals surface area contributed by atoms with Crippen molar-refractivity contribution in [1.29, 1.82) is 0 Å². The first-order valence-corrected chi connectivity index (χ1v) is 8.58. The average molecular weight is 319 g/mol. The molecule has 1 heterocycles. The van der Waals surface area contributed by atoms with Crippen molar-refractivity contribution in [3.05, 3.63) is 23.2 Å². The van der Waals surface area contributed by atoms with E-state index in [0.717, 1.165) is 25.9 Å². The number of nitrogens with one attached hydrogen (secondary N) is 2. The highest BCUT2D eigenvalue weighted by atomic mass is 35.5. The molecule has 20 heavy (non-hydrogen) atoms. The second-order valence-corrected chi connectivity index (χ2v) is 7.10. The minimum Gasteiger partial charge on any atom is -0.495 e. The third-order valence-corrected chi connectivity index (χ3v) is 5.09. The molecule has 0 saturated carbocycles. The molecule has 2 rings (SSSR count). The summed E-state index contributed by atoms with van der Waals surface area (Å²) < 4.78 is 31.9. The maximum Gasteiger partial charge on any atom is 0.232 e. The number of ether oxygens (including phenoxy) is 1. The van der Waals surface area contributed by atoms with E-state index >= 15 is 0 Å². The minimum absolute atomic E-state index is 0.151. The Labute approximate surface area is 124 Å². The van der Waals surface area contributed by atoms with Crippen LogP contribution in [-0.4, -0.2) is 34.4 Å². The third-order valence-electron chi connectivity index (χ3n) is 3.34. The molecule has 0 unspecified atom stereocenters. The molecule has 0 atom stereocenters. The van der Waals surface area contributed by atoms with Crippen LogP contribution in [0.5, 0.6) is 5.75 Å². The molecule has 1 aliphatic heterocycles. The summed E-state index contributed by atoms with van der Waals surface area (Å²) in [5.74, 6) is 0.883. The molecule has 0 spiro atoms. The van der Waals surface area contributed by atoms with Crippen molar-refractivity contribution in [2.75, 3.05) is 30.7 Å². The summed E-state index contributed by atoms with van der Waals surface area (Å²) in [7, 11) is -1.83. The van der Waals surface area contributed by atoms with Crippen LogP contribution in [0.1, 0.15) is 12.8 Å². The van der Waals surface area contributed by atoms with Gasteiger partial charge >= 0.3 is 0 Å². The molecule has 1 aromatic carbocycles. The number of sulfonamides is 1. The molecule has 0 radical (unpaired) electrons. The van der Waals surface area contributed by atoms with E-state index in [-0.39, 0.29) is 11.7 Å². The van der Waals surface area contributed by atoms with Crippen molar-refractivity contribution in [3.63, 3.8) is 0 Å². The van der Waals surface area contributed by atoms with Crippen LogP contribution in [0, 0.1) is 5.92 Å². The van der Waals surface area contributed by atoms with Crippen LogP contribution in [0.3, 0.4) is 0 Å². The van der Waals surface area contributed by atoms with Gasteiger partial charge in [-0.2, -0.15) is 0 Å². The number of anilines is 1. The van der Waals surface area contributed by atoms with E-state index < -0.39 is 10.0 Å². The van der Waals surface area contributed by atoms with Gasteiger partial charge in [-0.15, -0.1) is 0 Å². The van der Waals surface area contributed by atoms with Gasteiger partial charge in [0.2, 0.25) is 10.0 Å². The van der Waals surface area contributed by atoms with Crippen LogP contribution in [0.4, 0.5) is 5.69 Å². The van der Waals surface area contributed by atoms with Crippen molar-refractivity contribution in [3.8, 4) is 5.75 Å². The van der Waals surface area contributed by atoms with Crippen LogP contribution in [0.2, 0.25) is 5.02 Å². The number of benzene rings is 1. The molecule has 2 N–H and O–H groups in total. The highest BCUT2D eigenvalue weighted by molar-refractivity contribution is 7.92. The third kappa shape index (κ3) is 4.26. The lowest BCUT2D eigenvalue weighted by molar-refractivity contribution is 0.402. The van der Waals surface area contributed by atoms with Crippen LogP contribution in [-0.2, 0) is 10.0 Å². The van der Waals surface area contributed by atoms with Crippen LogP contribution >= 0.6 is 11.6 Å². The molecule has 112 valence electrons. The number of piperidine rings is 1. The zero-order valence-corrected chi connectivity index (χ0v) is 12.9. The van der Waals surface area contributed by atoms with Gasteiger partial charge in [0.15, 0.2) is 0 Å². The number of halogens is 1. The average Bonchev–Trinajstić information content (AvgIpc) is 2.39. The second kappa shape index (κ2) is 6.65. The Kier molecular flexibility index (Phi) is 5.12. The van der Waals surface area contributed by atoms with Gasteiger partial charge in [0, 0.05) is 0 Å². The number of hydrogen-bond acceptors (Lipinski definition) is 4. The Balaban J connectivity index is 2.02. The van der Waals surface area contributed by atoms with E-state index in [1.165, 1.54) is 7.11 Å². The maximum absolute atomic E-state index is 12.1. The van der Waals surface area contributed by atoms with Crippen LogP contribution in [0.25, 0.3) is 0 Å². The topological polar surface area (TPSA) is 67.4 Å². The van der Waals surface area contributed by atoms with Gasteiger partial charge in [-0.05, 0) is 50.0 Å². The number of rotatable bonds is 5. The zero-order valence-electron chi connectivity index (χ0n) is 11.4. The van der Waals surface area contributed by atoms with Crippen molar-refractivity contribution >= 4 is 27.3 Å². The molecule has 0 aliphatic carbocycles. The van der Waals surface area contributed by atoms with E-state index in [1.54, 1.807) is 18.2 Å². The van der Waals surface area contributed by atoms with Gasteiger partial charge in [-0.1, -0.05) is 11.6 Å². The Morgan fingerprint density at radius 3 is 2.70 bits per heavy atom. The van der Waals surface area contributed by atoms with Gasteiger partial charge in [-0.3, -0.25) is 4.72 Å². The van der Waals surface area contributed by atoms with Crippen LogP contribution in [0.15, 0.2) is 18.2 Å². The monoisotopic (exact) mass is 318 g/mol. The van der Waals surface area contributed by atoms with Crippen molar-refractivity contribution < 1.29 is 13.2 Å². The van der Waals surface area contributed by atoms with Gasteiger partial charge in [0.05, 0.1) is 23.6 Å². The summed E-state index contributed by atoms with van der Waals surface area (Å²) in [6.45, 7) is 1.77. The van der Waals surface area contributed by atoms with Gasteiger partial charge < -0.3 is 10.1 Å². The highest BCUT2D eigenvalue weighted by Gasteiger charge is 2.21. The molecular formula is C13H19ClN2O3S. The first-order valence-electron chi connectivity index (χ1n) is 6.55. The molecule has 7 heteroatoms. The summed E-state index contributed by atoms with van der Waals surface area (Å²) in [4.78, 5) is 0. The first kappa shape index (κ1) is 15.4. The predicted octanol–water partition coefficient (Wildman–Crippen LogP) is 2.09. The van der Waals surface area contributed by atoms with E-state index in [2.05, 4.69) is 10.0 Å². The SMILES string of the molecule is COc1ccc(NS(=O)(=O)CC2CCNCC2)cc1Cl. The fourth-order valence-electron chi connectivity index (χ4n) is 2.31. The molecule has 1 aliphatic rings. The number of hydrogen-bond donors (Lipinski definition) is 2. The molecule has 0 amide bonds. The molecule has 1 aromatic rings. The van der Waals surface area contributed by atoms with Gasteiger partial charge in [-0.25, -0.2) is 8.42 Å². The molecule has 0 bridgehead atoms.